The Labute approximate surface area is 97.3 Å². The summed E-state index contributed by atoms with van der Waals surface area (Å²) in [6, 6.07) is 0.361. The van der Waals surface area contributed by atoms with Crippen LogP contribution in [0.25, 0.3) is 0 Å². The highest BCUT2D eigenvalue weighted by Crippen LogP contribution is 2.27. The molecule has 92 valence electrons. The molecular formula is C12H22N2O2. The van der Waals surface area contributed by atoms with Gasteiger partial charge in [-0.3, -0.25) is 4.79 Å². The predicted octanol–water partition coefficient (Wildman–Crippen LogP) is 0.623. The number of carbonyl (C=O) groups excluding carboxylic acids is 1. The van der Waals surface area contributed by atoms with Crippen molar-refractivity contribution in [2.24, 2.45) is 5.92 Å². The smallest absolute Gasteiger partial charge is 0.246 e. The van der Waals surface area contributed by atoms with Gasteiger partial charge in [0.2, 0.25) is 5.91 Å². The fourth-order valence-corrected chi connectivity index (χ4v) is 2.69. The van der Waals surface area contributed by atoms with Gasteiger partial charge in [0.1, 0.15) is 6.61 Å². The first-order chi connectivity index (χ1) is 7.79. The third-order valence-corrected chi connectivity index (χ3v) is 3.58. The van der Waals surface area contributed by atoms with E-state index in [1.807, 2.05) is 6.92 Å². The van der Waals surface area contributed by atoms with Gasteiger partial charge in [0.15, 0.2) is 0 Å². The van der Waals surface area contributed by atoms with Crippen LogP contribution in [0.5, 0.6) is 0 Å². The summed E-state index contributed by atoms with van der Waals surface area (Å²) in [6.07, 6.45) is 3.44. The summed E-state index contributed by atoms with van der Waals surface area (Å²) in [5.41, 5.74) is 0. The maximum atomic E-state index is 11.6. The molecule has 3 aliphatic heterocycles. The van der Waals surface area contributed by atoms with Crippen LogP contribution in [0.15, 0.2) is 0 Å². The molecule has 3 rings (SSSR count). The van der Waals surface area contributed by atoms with Gasteiger partial charge >= 0.3 is 0 Å². The van der Waals surface area contributed by atoms with Gasteiger partial charge in [0.05, 0.1) is 0 Å². The van der Waals surface area contributed by atoms with Crippen LogP contribution in [-0.4, -0.2) is 49.7 Å². The van der Waals surface area contributed by atoms with E-state index in [1.54, 1.807) is 0 Å². The summed E-state index contributed by atoms with van der Waals surface area (Å²) in [5.74, 6) is 0.743. The number of nitrogens with one attached hydrogen (secondary N) is 1. The fourth-order valence-electron chi connectivity index (χ4n) is 2.69. The van der Waals surface area contributed by atoms with Crippen molar-refractivity contribution in [2.75, 3.05) is 32.8 Å². The molecule has 0 aromatic rings. The molecule has 16 heavy (non-hydrogen) atoms. The highest BCUT2D eigenvalue weighted by Gasteiger charge is 2.34. The first-order valence-electron chi connectivity index (χ1n) is 6.39. The Balaban J connectivity index is 1.70. The van der Waals surface area contributed by atoms with E-state index in [9.17, 15) is 4.79 Å². The van der Waals surface area contributed by atoms with Gasteiger partial charge in [0, 0.05) is 19.2 Å². The highest BCUT2D eigenvalue weighted by molar-refractivity contribution is 5.77. The van der Waals surface area contributed by atoms with Crippen LogP contribution in [0.4, 0.5) is 0 Å². The summed E-state index contributed by atoms with van der Waals surface area (Å²) in [4.78, 5) is 14.1. The van der Waals surface area contributed by atoms with Crippen molar-refractivity contribution < 1.29 is 9.53 Å². The minimum atomic E-state index is 0.0483. The normalized spacial score (nSPS) is 32.7. The van der Waals surface area contributed by atoms with Gasteiger partial charge in [0.25, 0.3) is 0 Å². The Hall–Kier alpha value is -0.610. The van der Waals surface area contributed by atoms with E-state index in [-0.39, 0.29) is 12.5 Å². The topological polar surface area (TPSA) is 41.6 Å². The number of piperidine rings is 3. The zero-order valence-corrected chi connectivity index (χ0v) is 10.1. The first kappa shape index (κ1) is 11.9. The maximum Gasteiger partial charge on any atom is 0.246 e. The van der Waals surface area contributed by atoms with Crippen LogP contribution in [0.2, 0.25) is 0 Å². The largest absolute Gasteiger partial charge is 0.372 e. The Kier molecular flexibility index (Phi) is 4.18. The third kappa shape index (κ3) is 2.95. The number of rotatable bonds is 5. The number of hydrogen-bond acceptors (Lipinski definition) is 3. The molecule has 3 saturated heterocycles. The van der Waals surface area contributed by atoms with Crippen molar-refractivity contribution in [3.63, 3.8) is 0 Å². The van der Waals surface area contributed by atoms with Crippen LogP contribution < -0.4 is 5.32 Å². The minimum Gasteiger partial charge on any atom is -0.372 e. The van der Waals surface area contributed by atoms with Crippen molar-refractivity contribution in [2.45, 2.75) is 32.2 Å². The molecule has 3 fully saturated rings. The van der Waals surface area contributed by atoms with Gasteiger partial charge in [-0.05, 0) is 38.3 Å². The molecule has 1 amide bonds. The lowest BCUT2D eigenvalue weighted by Crippen LogP contribution is -2.57. The van der Waals surface area contributed by atoms with E-state index in [1.165, 1.54) is 25.9 Å². The molecule has 2 bridgehead atoms. The molecule has 0 aromatic heterocycles. The summed E-state index contributed by atoms with van der Waals surface area (Å²) in [6.45, 7) is 6.40. The van der Waals surface area contributed by atoms with Gasteiger partial charge in [-0.2, -0.15) is 0 Å². The molecule has 0 radical (unpaired) electrons. The van der Waals surface area contributed by atoms with Gasteiger partial charge < -0.3 is 15.0 Å². The standard InChI is InChI=1S/C12H22N2O2/c1-2-7-16-9-12(15)13-11-8-14-5-3-10(11)4-6-14/h10-11H,2-9H2,1H3,(H,13,15). The highest BCUT2D eigenvalue weighted by atomic mass is 16.5. The molecule has 0 saturated carbocycles. The van der Waals surface area contributed by atoms with Crippen molar-refractivity contribution in [3.05, 3.63) is 0 Å². The van der Waals surface area contributed by atoms with E-state index in [2.05, 4.69) is 10.2 Å². The Bertz CT molecular complexity index is 237. The van der Waals surface area contributed by atoms with Crippen molar-refractivity contribution >= 4 is 5.91 Å². The lowest BCUT2D eigenvalue weighted by Gasteiger charge is -2.44. The number of nitrogens with zero attached hydrogens (tertiary/aromatic N) is 1. The second kappa shape index (κ2) is 5.64. The van der Waals surface area contributed by atoms with Crippen LogP contribution in [0.1, 0.15) is 26.2 Å². The third-order valence-electron chi connectivity index (χ3n) is 3.58. The molecule has 0 spiro atoms. The lowest BCUT2D eigenvalue weighted by molar-refractivity contribution is -0.127. The number of carbonyl (C=O) groups is 1. The van der Waals surface area contributed by atoms with E-state index in [4.69, 9.17) is 4.74 Å². The molecule has 0 aliphatic carbocycles. The number of ether oxygens (including phenoxy) is 1. The van der Waals surface area contributed by atoms with Crippen LogP contribution >= 0.6 is 0 Å². The van der Waals surface area contributed by atoms with E-state index in [0.717, 1.165) is 13.0 Å². The second-order valence-electron chi connectivity index (χ2n) is 4.86. The fraction of sp³-hybridized carbons (Fsp3) is 0.917. The summed E-state index contributed by atoms with van der Waals surface area (Å²) in [7, 11) is 0. The average Bonchev–Trinajstić information content (AvgIpc) is 2.31. The van der Waals surface area contributed by atoms with E-state index < -0.39 is 0 Å². The second-order valence-corrected chi connectivity index (χ2v) is 4.86. The lowest BCUT2D eigenvalue weighted by atomic mass is 9.84. The molecular weight excluding hydrogens is 204 g/mol. The molecule has 1 atom stereocenters. The van der Waals surface area contributed by atoms with Crippen molar-refractivity contribution in [3.8, 4) is 0 Å². The average molecular weight is 226 g/mol. The monoisotopic (exact) mass is 226 g/mol. The molecule has 1 N–H and O–H groups in total. The Morgan fingerprint density at radius 3 is 2.75 bits per heavy atom. The zero-order chi connectivity index (χ0) is 11.4. The van der Waals surface area contributed by atoms with Gasteiger partial charge in [-0.1, -0.05) is 6.92 Å². The number of fused-ring (bicyclic) bond motifs is 3. The maximum absolute atomic E-state index is 11.6. The molecule has 1 unspecified atom stereocenters. The first-order valence-corrected chi connectivity index (χ1v) is 6.39. The quantitative estimate of drug-likeness (QED) is 0.699. The van der Waals surface area contributed by atoms with Crippen LogP contribution in [0.3, 0.4) is 0 Å². The van der Waals surface area contributed by atoms with E-state index >= 15 is 0 Å². The Morgan fingerprint density at radius 2 is 2.19 bits per heavy atom. The molecule has 4 heteroatoms. The molecule has 3 heterocycles. The van der Waals surface area contributed by atoms with E-state index in [0.29, 0.717) is 18.6 Å². The molecule has 3 aliphatic rings. The SMILES string of the molecule is CCCOCC(=O)NC1CN2CCC1CC2. The number of amides is 1. The Morgan fingerprint density at radius 1 is 1.44 bits per heavy atom. The van der Waals surface area contributed by atoms with Crippen LogP contribution in [0, 0.1) is 5.92 Å². The van der Waals surface area contributed by atoms with Gasteiger partial charge in [-0.15, -0.1) is 0 Å². The number of hydrogen-bond donors (Lipinski definition) is 1. The summed E-state index contributed by atoms with van der Waals surface area (Å²) >= 11 is 0. The minimum absolute atomic E-state index is 0.0483. The van der Waals surface area contributed by atoms with Gasteiger partial charge in [-0.25, -0.2) is 0 Å². The molecule has 0 aromatic carbocycles. The summed E-state index contributed by atoms with van der Waals surface area (Å²) < 4.78 is 5.24. The predicted molar refractivity (Wildman–Crippen MR) is 62.2 cm³/mol. The van der Waals surface area contributed by atoms with Crippen molar-refractivity contribution in [1.29, 1.82) is 0 Å². The van der Waals surface area contributed by atoms with Crippen LogP contribution in [-0.2, 0) is 9.53 Å². The van der Waals surface area contributed by atoms with Crippen molar-refractivity contribution in [1.82, 2.24) is 10.2 Å². The molecule has 4 nitrogen and oxygen atoms in total. The zero-order valence-electron chi connectivity index (χ0n) is 10.1. The summed E-state index contributed by atoms with van der Waals surface area (Å²) in [5, 5.41) is 3.10.